The predicted molar refractivity (Wildman–Crippen MR) is 74.3 cm³/mol. The van der Waals surface area contributed by atoms with Crippen molar-refractivity contribution in [1.82, 2.24) is 20.1 Å². The summed E-state index contributed by atoms with van der Waals surface area (Å²) in [4.78, 5) is 0. The number of hydrogen-bond acceptors (Lipinski definition) is 4. The van der Waals surface area contributed by atoms with E-state index in [9.17, 15) is 0 Å². The second kappa shape index (κ2) is 6.40. The molecule has 1 N–H and O–H groups in total. The smallest absolute Gasteiger partial charge is 0.146 e. The van der Waals surface area contributed by atoms with Gasteiger partial charge in [0, 0.05) is 18.3 Å². The van der Waals surface area contributed by atoms with Gasteiger partial charge in [-0.15, -0.1) is 10.2 Å². The fourth-order valence-electron chi connectivity index (χ4n) is 1.87. The Morgan fingerprint density at radius 1 is 1.29 bits per heavy atom. The molecule has 4 nitrogen and oxygen atoms in total. The monoisotopic (exact) mass is 256 g/mol. The van der Waals surface area contributed by atoms with Crippen LogP contribution in [0.15, 0.2) is 0 Å². The third kappa shape index (κ3) is 3.45. The molecule has 0 atom stereocenters. The highest BCUT2D eigenvalue weighted by Gasteiger charge is 2.24. The van der Waals surface area contributed by atoms with E-state index in [4.69, 9.17) is 0 Å². The Morgan fingerprint density at radius 2 is 1.94 bits per heavy atom. The van der Waals surface area contributed by atoms with E-state index in [0.717, 1.165) is 24.7 Å². The maximum Gasteiger partial charge on any atom is 0.146 e. The Hall–Kier alpha value is -0.550. The molecule has 5 heteroatoms. The molecule has 0 radical (unpaired) electrons. The molecule has 1 rings (SSSR count). The van der Waals surface area contributed by atoms with Crippen molar-refractivity contribution in [2.24, 2.45) is 7.05 Å². The van der Waals surface area contributed by atoms with Crippen LogP contribution in [0.25, 0.3) is 0 Å². The SMILES string of the molecule is CCC(CC)(CNCc1nnc(C)n1C)SC. The molecule has 0 saturated carbocycles. The van der Waals surface area contributed by atoms with Gasteiger partial charge in [-0.05, 0) is 26.0 Å². The number of thioether (sulfide) groups is 1. The molecule has 0 fully saturated rings. The van der Waals surface area contributed by atoms with Gasteiger partial charge >= 0.3 is 0 Å². The Kier molecular flexibility index (Phi) is 5.46. The number of aromatic nitrogens is 3. The minimum Gasteiger partial charge on any atom is -0.317 e. The molecule has 0 unspecified atom stereocenters. The van der Waals surface area contributed by atoms with Gasteiger partial charge in [-0.3, -0.25) is 0 Å². The van der Waals surface area contributed by atoms with Crippen LogP contribution in [0.5, 0.6) is 0 Å². The Bertz CT molecular complexity index is 336. The van der Waals surface area contributed by atoms with Gasteiger partial charge < -0.3 is 9.88 Å². The first-order valence-corrected chi connectivity index (χ1v) is 7.41. The maximum absolute atomic E-state index is 4.16. The Labute approximate surface area is 109 Å². The Morgan fingerprint density at radius 3 is 2.35 bits per heavy atom. The molecule has 0 aromatic carbocycles. The third-order valence-corrected chi connectivity index (χ3v) is 5.22. The lowest BCUT2D eigenvalue weighted by molar-refractivity contribution is 0.486. The van der Waals surface area contributed by atoms with Crippen LogP contribution in [0.3, 0.4) is 0 Å². The van der Waals surface area contributed by atoms with Gasteiger partial charge in [0.25, 0.3) is 0 Å². The van der Waals surface area contributed by atoms with Crippen LogP contribution in [-0.2, 0) is 13.6 Å². The first-order valence-electron chi connectivity index (χ1n) is 6.19. The van der Waals surface area contributed by atoms with E-state index < -0.39 is 0 Å². The van der Waals surface area contributed by atoms with Crippen LogP contribution in [0.2, 0.25) is 0 Å². The zero-order chi connectivity index (χ0) is 12.9. The summed E-state index contributed by atoms with van der Waals surface area (Å²) in [5.74, 6) is 1.97. The number of hydrogen-bond donors (Lipinski definition) is 1. The fraction of sp³-hybridized carbons (Fsp3) is 0.833. The molecule has 0 saturated heterocycles. The lowest BCUT2D eigenvalue weighted by atomic mass is 10.0. The van der Waals surface area contributed by atoms with E-state index in [0.29, 0.717) is 4.75 Å². The third-order valence-electron chi connectivity index (χ3n) is 3.63. The van der Waals surface area contributed by atoms with Crippen LogP contribution in [0, 0.1) is 6.92 Å². The summed E-state index contributed by atoms with van der Waals surface area (Å²) in [7, 11) is 2.01. The normalized spacial score (nSPS) is 12.1. The lowest BCUT2D eigenvalue weighted by Gasteiger charge is -2.29. The van der Waals surface area contributed by atoms with Gasteiger partial charge in [0.1, 0.15) is 11.6 Å². The maximum atomic E-state index is 4.16. The number of nitrogens with one attached hydrogen (secondary N) is 1. The molecule has 17 heavy (non-hydrogen) atoms. The minimum absolute atomic E-state index is 0.355. The fourth-order valence-corrected chi connectivity index (χ4v) is 2.69. The number of aryl methyl sites for hydroxylation is 1. The molecular formula is C12H24N4S. The van der Waals surface area contributed by atoms with E-state index >= 15 is 0 Å². The molecule has 0 spiro atoms. The van der Waals surface area contributed by atoms with Crippen LogP contribution in [0.4, 0.5) is 0 Å². The van der Waals surface area contributed by atoms with Crippen molar-refractivity contribution in [3.8, 4) is 0 Å². The predicted octanol–water partition coefficient (Wildman–Crippen LogP) is 2.13. The number of rotatable bonds is 7. The van der Waals surface area contributed by atoms with Crippen molar-refractivity contribution in [2.75, 3.05) is 12.8 Å². The van der Waals surface area contributed by atoms with Crippen molar-refractivity contribution in [2.45, 2.75) is 44.9 Å². The summed E-state index contributed by atoms with van der Waals surface area (Å²) in [5, 5.41) is 11.7. The standard InChI is InChI=1S/C12H24N4S/c1-6-12(7-2,17-5)9-13-8-11-15-14-10(3)16(11)4/h13H,6-9H2,1-5H3. The molecule has 1 heterocycles. The van der Waals surface area contributed by atoms with Crippen molar-refractivity contribution in [3.63, 3.8) is 0 Å². The molecule has 1 aromatic rings. The second-order valence-corrected chi connectivity index (χ2v) is 5.69. The first-order chi connectivity index (χ1) is 8.08. The Balaban J connectivity index is 2.49. The zero-order valence-electron chi connectivity index (χ0n) is 11.6. The summed E-state index contributed by atoms with van der Waals surface area (Å²) >= 11 is 1.96. The van der Waals surface area contributed by atoms with Gasteiger partial charge in [-0.25, -0.2) is 0 Å². The molecule has 0 amide bonds. The van der Waals surface area contributed by atoms with E-state index in [2.05, 4.69) is 35.6 Å². The van der Waals surface area contributed by atoms with Crippen molar-refractivity contribution >= 4 is 11.8 Å². The molecule has 1 aromatic heterocycles. The van der Waals surface area contributed by atoms with E-state index in [1.54, 1.807) is 0 Å². The summed E-state index contributed by atoms with van der Waals surface area (Å²) in [6.07, 6.45) is 4.58. The first kappa shape index (κ1) is 14.5. The average molecular weight is 256 g/mol. The van der Waals surface area contributed by atoms with Gasteiger partial charge in [-0.2, -0.15) is 11.8 Å². The van der Waals surface area contributed by atoms with Gasteiger partial charge in [-0.1, -0.05) is 13.8 Å². The van der Waals surface area contributed by atoms with Crippen LogP contribution < -0.4 is 5.32 Å². The largest absolute Gasteiger partial charge is 0.317 e. The highest BCUT2D eigenvalue weighted by atomic mass is 32.2. The van der Waals surface area contributed by atoms with Crippen LogP contribution in [0.1, 0.15) is 38.3 Å². The topological polar surface area (TPSA) is 42.7 Å². The minimum atomic E-state index is 0.355. The molecule has 0 aliphatic carbocycles. The molecule has 0 bridgehead atoms. The zero-order valence-corrected chi connectivity index (χ0v) is 12.4. The second-order valence-electron chi connectivity index (χ2n) is 4.42. The average Bonchev–Trinajstić information content (AvgIpc) is 2.67. The van der Waals surface area contributed by atoms with Gasteiger partial charge in [0.15, 0.2) is 0 Å². The van der Waals surface area contributed by atoms with Crippen LogP contribution in [-0.4, -0.2) is 32.3 Å². The molecule has 98 valence electrons. The van der Waals surface area contributed by atoms with Gasteiger partial charge in [0.2, 0.25) is 0 Å². The quantitative estimate of drug-likeness (QED) is 0.811. The highest BCUT2D eigenvalue weighted by molar-refractivity contribution is 8.00. The highest BCUT2D eigenvalue weighted by Crippen LogP contribution is 2.29. The summed E-state index contributed by atoms with van der Waals surface area (Å²) in [6.45, 7) is 8.30. The van der Waals surface area contributed by atoms with Crippen molar-refractivity contribution in [1.29, 1.82) is 0 Å². The van der Waals surface area contributed by atoms with E-state index in [1.165, 1.54) is 12.8 Å². The van der Waals surface area contributed by atoms with Crippen molar-refractivity contribution < 1.29 is 0 Å². The summed E-state index contributed by atoms with van der Waals surface area (Å²) < 4.78 is 2.39. The van der Waals surface area contributed by atoms with Crippen molar-refractivity contribution in [3.05, 3.63) is 11.6 Å². The number of nitrogens with zero attached hydrogens (tertiary/aromatic N) is 3. The molecule has 0 aliphatic heterocycles. The summed E-state index contributed by atoms with van der Waals surface area (Å²) in [6, 6.07) is 0. The van der Waals surface area contributed by atoms with Gasteiger partial charge in [0.05, 0.1) is 6.54 Å². The van der Waals surface area contributed by atoms with E-state index in [1.807, 2.05) is 30.3 Å². The lowest BCUT2D eigenvalue weighted by Crippen LogP contribution is -2.36. The summed E-state index contributed by atoms with van der Waals surface area (Å²) in [5.41, 5.74) is 0. The molecular weight excluding hydrogens is 232 g/mol. The van der Waals surface area contributed by atoms with E-state index in [-0.39, 0.29) is 0 Å². The molecule has 0 aliphatic rings. The van der Waals surface area contributed by atoms with Crippen LogP contribution >= 0.6 is 11.8 Å².